The summed E-state index contributed by atoms with van der Waals surface area (Å²) in [6, 6.07) is 15.2. The maximum atomic E-state index is 12.5. The Labute approximate surface area is 165 Å². The molecule has 5 heteroatoms. The van der Waals surface area contributed by atoms with Gasteiger partial charge in [-0.2, -0.15) is 0 Å². The van der Waals surface area contributed by atoms with Gasteiger partial charge in [-0.25, -0.2) is 0 Å². The highest BCUT2D eigenvalue weighted by Gasteiger charge is 2.24. The monoisotopic (exact) mass is 384 g/mol. The molecule has 0 aliphatic heterocycles. The number of carbonyl (C=O) groups excluding carboxylic acids is 1. The second-order valence-electron chi connectivity index (χ2n) is 6.95. The van der Waals surface area contributed by atoms with E-state index in [2.05, 4.69) is 6.58 Å². The predicted molar refractivity (Wildman–Crippen MR) is 110 cm³/mol. The van der Waals surface area contributed by atoms with Gasteiger partial charge in [-0.3, -0.25) is 4.79 Å². The van der Waals surface area contributed by atoms with Crippen molar-refractivity contribution < 1.29 is 9.53 Å². The van der Waals surface area contributed by atoms with E-state index in [1.165, 1.54) is 6.08 Å². The fourth-order valence-electron chi connectivity index (χ4n) is 3.49. The Kier molecular flexibility index (Phi) is 6.19. The largest absolute Gasteiger partial charge is 0.490 e. The van der Waals surface area contributed by atoms with E-state index >= 15 is 0 Å². The summed E-state index contributed by atoms with van der Waals surface area (Å²) in [7, 11) is 0. The molecule has 2 aromatic rings. The Morgan fingerprint density at radius 2 is 1.89 bits per heavy atom. The maximum Gasteiger partial charge on any atom is 0.250 e. The zero-order chi connectivity index (χ0) is 19.4. The highest BCUT2D eigenvalue weighted by molar-refractivity contribution is 6.30. The van der Waals surface area contributed by atoms with Gasteiger partial charge in [-0.15, -0.1) is 0 Å². The van der Waals surface area contributed by atoms with Crippen molar-refractivity contribution in [2.45, 2.75) is 44.4 Å². The van der Waals surface area contributed by atoms with Gasteiger partial charge in [0.1, 0.15) is 11.9 Å². The van der Waals surface area contributed by atoms with E-state index in [0.29, 0.717) is 5.02 Å². The Balaban J connectivity index is 1.79. The molecule has 1 aliphatic carbocycles. The van der Waals surface area contributed by atoms with Gasteiger partial charge in [0.15, 0.2) is 0 Å². The number of amides is 1. The van der Waals surface area contributed by atoms with E-state index in [-0.39, 0.29) is 24.1 Å². The molecule has 0 radical (unpaired) electrons. The van der Waals surface area contributed by atoms with Crippen molar-refractivity contribution in [1.29, 1.82) is 0 Å². The fraction of sp³-hybridized carbons (Fsp3) is 0.318. The standard InChI is InChI=1S/C22H25ClN2O2/c1-3-22(26)25(15(2)16-4-6-17(23)7-5-16)19-9-12-20(13-10-19)27-21-11-8-18(24)14-21/h3-7,9-10,12-13,15,18,21H,1,8,11,14,24H2,2H3/t15-,18-,21-/m1/s1. The van der Waals surface area contributed by atoms with Crippen LogP contribution < -0.4 is 15.4 Å². The quantitative estimate of drug-likeness (QED) is 0.722. The summed E-state index contributed by atoms with van der Waals surface area (Å²) < 4.78 is 6.01. The minimum atomic E-state index is -0.160. The van der Waals surface area contributed by atoms with Gasteiger partial charge < -0.3 is 15.4 Å². The van der Waals surface area contributed by atoms with E-state index in [1.54, 1.807) is 4.90 Å². The van der Waals surface area contributed by atoms with E-state index in [4.69, 9.17) is 22.1 Å². The molecule has 4 nitrogen and oxygen atoms in total. The molecule has 3 atom stereocenters. The second kappa shape index (κ2) is 8.59. The lowest BCUT2D eigenvalue weighted by molar-refractivity contribution is -0.114. The number of halogens is 1. The van der Waals surface area contributed by atoms with Crippen molar-refractivity contribution in [3.63, 3.8) is 0 Å². The molecular weight excluding hydrogens is 360 g/mol. The minimum absolute atomic E-state index is 0.159. The summed E-state index contributed by atoms with van der Waals surface area (Å²) in [5.74, 6) is 0.635. The number of nitrogens with zero attached hydrogens (tertiary/aromatic N) is 1. The second-order valence-corrected chi connectivity index (χ2v) is 7.38. The molecule has 2 N–H and O–H groups in total. The average Bonchev–Trinajstić information content (AvgIpc) is 3.08. The van der Waals surface area contributed by atoms with Crippen molar-refractivity contribution in [3.8, 4) is 5.75 Å². The molecular formula is C22H25ClN2O2. The van der Waals surface area contributed by atoms with E-state index in [0.717, 1.165) is 36.3 Å². The molecule has 1 aliphatic rings. The number of ether oxygens (including phenoxy) is 1. The zero-order valence-electron chi connectivity index (χ0n) is 15.5. The molecule has 27 heavy (non-hydrogen) atoms. The SMILES string of the molecule is C=CC(=O)N(c1ccc(O[C@@H]2CC[C@@H](N)C2)cc1)[C@H](C)c1ccc(Cl)cc1. The highest BCUT2D eigenvalue weighted by atomic mass is 35.5. The van der Waals surface area contributed by atoms with Crippen molar-refractivity contribution in [2.75, 3.05) is 4.90 Å². The van der Waals surface area contributed by atoms with Crippen LogP contribution >= 0.6 is 11.6 Å². The first-order chi connectivity index (χ1) is 13.0. The van der Waals surface area contributed by atoms with Crippen molar-refractivity contribution in [3.05, 3.63) is 71.8 Å². The summed E-state index contributed by atoms with van der Waals surface area (Å²) in [6.45, 7) is 5.62. The molecule has 3 rings (SSSR count). The van der Waals surface area contributed by atoms with Gasteiger partial charge >= 0.3 is 0 Å². The smallest absolute Gasteiger partial charge is 0.250 e. The molecule has 142 valence electrons. The molecule has 0 saturated heterocycles. The van der Waals surface area contributed by atoms with Gasteiger partial charge in [0.25, 0.3) is 5.91 Å². The van der Waals surface area contributed by atoms with Crippen LogP contribution in [-0.4, -0.2) is 18.1 Å². The number of nitrogens with two attached hydrogens (primary N) is 1. The van der Waals surface area contributed by atoms with Crippen LogP contribution in [-0.2, 0) is 4.79 Å². The number of rotatable bonds is 6. The van der Waals surface area contributed by atoms with Crippen molar-refractivity contribution in [1.82, 2.24) is 0 Å². The van der Waals surface area contributed by atoms with E-state index in [9.17, 15) is 4.79 Å². The first-order valence-electron chi connectivity index (χ1n) is 9.21. The fourth-order valence-corrected chi connectivity index (χ4v) is 3.61. The summed E-state index contributed by atoms with van der Waals surface area (Å²) in [5.41, 5.74) is 7.73. The zero-order valence-corrected chi connectivity index (χ0v) is 16.2. The molecule has 0 spiro atoms. The average molecular weight is 385 g/mol. The van der Waals surface area contributed by atoms with Crippen LogP contribution in [0, 0.1) is 0 Å². The number of hydrogen-bond acceptors (Lipinski definition) is 3. The summed E-state index contributed by atoms with van der Waals surface area (Å²) in [5, 5.41) is 0.667. The normalized spacial score (nSPS) is 20.1. The predicted octanol–water partition coefficient (Wildman–Crippen LogP) is 4.88. The Morgan fingerprint density at radius 3 is 2.44 bits per heavy atom. The van der Waals surface area contributed by atoms with Gasteiger partial charge in [-0.1, -0.05) is 30.3 Å². The highest BCUT2D eigenvalue weighted by Crippen LogP contribution is 2.31. The summed E-state index contributed by atoms with van der Waals surface area (Å²) >= 11 is 5.98. The third-order valence-corrected chi connectivity index (χ3v) is 5.25. The van der Waals surface area contributed by atoms with Crippen molar-refractivity contribution in [2.24, 2.45) is 5.73 Å². The first-order valence-corrected chi connectivity index (χ1v) is 9.59. The summed E-state index contributed by atoms with van der Waals surface area (Å²) in [4.78, 5) is 14.2. The molecule has 1 saturated carbocycles. The molecule has 1 fully saturated rings. The van der Waals surface area contributed by atoms with Crippen LogP contribution in [0.5, 0.6) is 5.75 Å². The number of anilines is 1. The lowest BCUT2D eigenvalue weighted by atomic mass is 10.1. The van der Waals surface area contributed by atoms with Crippen LogP contribution in [0.15, 0.2) is 61.2 Å². The van der Waals surface area contributed by atoms with Gasteiger partial charge in [0.05, 0.1) is 6.04 Å². The maximum absolute atomic E-state index is 12.5. The van der Waals surface area contributed by atoms with Crippen LogP contribution in [0.25, 0.3) is 0 Å². The lowest BCUT2D eigenvalue weighted by Gasteiger charge is -2.29. The van der Waals surface area contributed by atoms with Crippen LogP contribution in [0.3, 0.4) is 0 Å². The number of carbonyl (C=O) groups is 1. The first kappa shape index (κ1) is 19.5. The number of benzene rings is 2. The van der Waals surface area contributed by atoms with Crippen LogP contribution in [0.1, 0.15) is 37.8 Å². The van der Waals surface area contributed by atoms with Gasteiger partial charge in [0, 0.05) is 16.8 Å². The topological polar surface area (TPSA) is 55.6 Å². The van der Waals surface area contributed by atoms with Crippen molar-refractivity contribution >= 4 is 23.2 Å². The minimum Gasteiger partial charge on any atom is -0.490 e. The van der Waals surface area contributed by atoms with E-state index < -0.39 is 0 Å². The Bertz CT molecular complexity index is 789. The number of hydrogen-bond donors (Lipinski definition) is 1. The molecule has 0 bridgehead atoms. The van der Waals surface area contributed by atoms with Crippen LogP contribution in [0.2, 0.25) is 5.02 Å². The molecule has 1 amide bonds. The summed E-state index contributed by atoms with van der Waals surface area (Å²) in [6.07, 6.45) is 4.37. The van der Waals surface area contributed by atoms with Gasteiger partial charge in [0.2, 0.25) is 0 Å². The lowest BCUT2D eigenvalue weighted by Crippen LogP contribution is -2.32. The third-order valence-electron chi connectivity index (χ3n) is 4.99. The van der Waals surface area contributed by atoms with Gasteiger partial charge in [-0.05, 0) is 74.2 Å². The Morgan fingerprint density at radius 1 is 1.22 bits per heavy atom. The molecule has 0 aromatic heterocycles. The molecule has 0 unspecified atom stereocenters. The Hall–Kier alpha value is -2.30. The molecule has 0 heterocycles. The molecule has 2 aromatic carbocycles. The van der Waals surface area contributed by atoms with Crippen LogP contribution in [0.4, 0.5) is 5.69 Å². The van der Waals surface area contributed by atoms with E-state index in [1.807, 2.05) is 55.5 Å². The third kappa shape index (κ3) is 4.71.